The van der Waals surface area contributed by atoms with Crippen molar-refractivity contribution in [2.24, 2.45) is 0 Å². The van der Waals surface area contributed by atoms with Crippen LogP contribution in [-0.2, 0) is 0 Å². The van der Waals surface area contributed by atoms with Crippen LogP contribution in [0.25, 0.3) is 33.2 Å². The second kappa shape index (κ2) is 6.55. The van der Waals surface area contributed by atoms with Crippen molar-refractivity contribution in [2.75, 3.05) is 0 Å². The Morgan fingerprint density at radius 3 is 2.72 bits per heavy atom. The van der Waals surface area contributed by atoms with Gasteiger partial charge in [-0.05, 0) is 36.4 Å². The molecule has 2 aromatic heterocycles. The van der Waals surface area contributed by atoms with Crippen LogP contribution in [0.2, 0.25) is 0 Å². The monoisotopic (exact) mass is 397 g/mol. The van der Waals surface area contributed by atoms with E-state index in [1.54, 1.807) is 36.4 Å². The molecule has 0 saturated carbocycles. The molecule has 6 nitrogen and oxygen atoms in total. The average Bonchev–Trinajstić information content (AvgIpc) is 3.44. The molecule has 1 aliphatic rings. The van der Waals surface area contributed by atoms with Crippen molar-refractivity contribution in [1.29, 1.82) is 5.26 Å². The van der Waals surface area contributed by atoms with Crippen molar-refractivity contribution in [1.82, 2.24) is 10.3 Å². The molecule has 0 atom stereocenters. The molecular formula is C22H11N3O3S. The van der Waals surface area contributed by atoms with Gasteiger partial charge in [-0.1, -0.05) is 18.2 Å². The number of carbonyl (C=O) groups is 2. The highest BCUT2D eigenvalue weighted by molar-refractivity contribution is 7.19. The molecule has 4 aromatic rings. The van der Waals surface area contributed by atoms with Crippen LogP contribution in [0.5, 0.6) is 0 Å². The van der Waals surface area contributed by atoms with Crippen molar-refractivity contribution < 1.29 is 14.0 Å². The summed E-state index contributed by atoms with van der Waals surface area (Å²) < 4.78 is 6.86. The van der Waals surface area contributed by atoms with Gasteiger partial charge in [0.1, 0.15) is 22.6 Å². The molecule has 1 N–H and O–H groups in total. The predicted molar refractivity (Wildman–Crippen MR) is 109 cm³/mol. The van der Waals surface area contributed by atoms with Crippen LogP contribution in [-0.4, -0.2) is 16.8 Å². The molecule has 2 aromatic carbocycles. The predicted octanol–water partition coefficient (Wildman–Crippen LogP) is 4.50. The van der Waals surface area contributed by atoms with Crippen LogP contribution in [0.15, 0.2) is 59.0 Å². The van der Waals surface area contributed by atoms with E-state index >= 15 is 0 Å². The van der Waals surface area contributed by atoms with Gasteiger partial charge in [0.25, 0.3) is 11.8 Å². The zero-order valence-electron chi connectivity index (χ0n) is 14.8. The van der Waals surface area contributed by atoms with E-state index in [1.807, 2.05) is 24.3 Å². The number of para-hydroxylation sites is 1. The SMILES string of the molecule is N#CC(=Cc1ccc(-c2ccc3c(c2)C(=O)NC3=O)o1)c1nc2ccccc2s1. The number of imide groups is 1. The molecule has 29 heavy (non-hydrogen) atoms. The third-order valence-corrected chi connectivity index (χ3v) is 5.65. The van der Waals surface area contributed by atoms with E-state index in [0.717, 1.165) is 10.2 Å². The zero-order chi connectivity index (χ0) is 20.0. The molecule has 0 spiro atoms. The first kappa shape index (κ1) is 17.1. The lowest BCUT2D eigenvalue weighted by atomic mass is 10.0. The summed E-state index contributed by atoms with van der Waals surface area (Å²) >= 11 is 1.45. The lowest BCUT2D eigenvalue weighted by Gasteiger charge is -1.99. The van der Waals surface area contributed by atoms with Gasteiger partial charge in [0.2, 0.25) is 0 Å². The number of allylic oxidation sites excluding steroid dienone is 1. The lowest BCUT2D eigenvalue weighted by Crippen LogP contribution is -2.19. The van der Waals surface area contributed by atoms with Crippen LogP contribution in [0, 0.1) is 11.3 Å². The van der Waals surface area contributed by atoms with Crippen molar-refractivity contribution in [2.45, 2.75) is 0 Å². The summed E-state index contributed by atoms with van der Waals surface area (Å²) in [6.07, 6.45) is 1.64. The molecule has 5 rings (SSSR count). The Bertz CT molecular complexity index is 1350. The van der Waals surface area contributed by atoms with E-state index in [0.29, 0.717) is 38.8 Å². The van der Waals surface area contributed by atoms with E-state index in [1.165, 1.54) is 11.3 Å². The van der Waals surface area contributed by atoms with Crippen molar-refractivity contribution in [3.63, 3.8) is 0 Å². The molecule has 138 valence electrons. The Morgan fingerprint density at radius 1 is 1.07 bits per heavy atom. The van der Waals surface area contributed by atoms with Gasteiger partial charge in [-0.25, -0.2) is 4.98 Å². The first-order valence-corrected chi connectivity index (χ1v) is 9.52. The molecule has 3 heterocycles. The second-order valence-corrected chi connectivity index (χ2v) is 7.43. The number of nitrogens with zero attached hydrogens (tertiary/aromatic N) is 2. The molecular weight excluding hydrogens is 386 g/mol. The minimum atomic E-state index is -0.416. The first-order valence-electron chi connectivity index (χ1n) is 8.70. The fourth-order valence-corrected chi connectivity index (χ4v) is 4.11. The second-order valence-electron chi connectivity index (χ2n) is 6.40. The molecule has 0 aliphatic carbocycles. The first-order chi connectivity index (χ1) is 14.1. The highest BCUT2D eigenvalue weighted by atomic mass is 32.1. The number of thiazole rings is 1. The van der Waals surface area contributed by atoms with Gasteiger partial charge in [-0.3, -0.25) is 14.9 Å². The molecule has 1 aliphatic heterocycles. The topological polar surface area (TPSA) is 96.0 Å². The van der Waals surface area contributed by atoms with Crippen molar-refractivity contribution in [3.05, 3.63) is 76.5 Å². The Labute approximate surface area is 168 Å². The third kappa shape index (κ3) is 2.92. The van der Waals surface area contributed by atoms with Gasteiger partial charge < -0.3 is 4.42 Å². The zero-order valence-corrected chi connectivity index (χ0v) is 15.6. The summed E-state index contributed by atoms with van der Waals surface area (Å²) in [6.45, 7) is 0. The fourth-order valence-electron chi connectivity index (χ4n) is 3.18. The Hall–Kier alpha value is -4.02. The number of amides is 2. The average molecular weight is 397 g/mol. The number of nitrogens with one attached hydrogen (secondary N) is 1. The van der Waals surface area contributed by atoms with E-state index in [9.17, 15) is 14.9 Å². The molecule has 0 bridgehead atoms. The maximum Gasteiger partial charge on any atom is 0.258 e. The van der Waals surface area contributed by atoms with Gasteiger partial charge in [0.15, 0.2) is 0 Å². The highest BCUT2D eigenvalue weighted by Crippen LogP contribution is 2.30. The Balaban J connectivity index is 1.49. The largest absolute Gasteiger partial charge is 0.457 e. The number of furan rings is 1. The number of aromatic nitrogens is 1. The molecule has 0 fully saturated rings. The van der Waals surface area contributed by atoms with Gasteiger partial charge in [-0.2, -0.15) is 5.26 Å². The highest BCUT2D eigenvalue weighted by Gasteiger charge is 2.27. The van der Waals surface area contributed by atoms with Crippen LogP contribution in [0.1, 0.15) is 31.5 Å². The third-order valence-electron chi connectivity index (χ3n) is 4.58. The van der Waals surface area contributed by atoms with Crippen molar-refractivity contribution >= 4 is 45.0 Å². The number of carbonyl (C=O) groups excluding carboxylic acids is 2. The van der Waals surface area contributed by atoms with Gasteiger partial charge >= 0.3 is 0 Å². The van der Waals surface area contributed by atoms with Gasteiger partial charge in [-0.15, -0.1) is 11.3 Å². The molecule has 7 heteroatoms. The minimum Gasteiger partial charge on any atom is -0.457 e. The number of hydrogen-bond acceptors (Lipinski definition) is 6. The van der Waals surface area contributed by atoms with E-state index in [4.69, 9.17) is 4.42 Å². The summed E-state index contributed by atoms with van der Waals surface area (Å²) in [6, 6.07) is 18.4. The van der Waals surface area contributed by atoms with Crippen molar-refractivity contribution in [3.8, 4) is 17.4 Å². The van der Waals surface area contributed by atoms with Gasteiger partial charge in [0.05, 0.1) is 26.9 Å². The summed E-state index contributed by atoms with van der Waals surface area (Å²) in [7, 11) is 0. The summed E-state index contributed by atoms with van der Waals surface area (Å²) in [5.41, 5.74) is 2.61. The maximum atomic E-state index is 11.9. The normalized spacial score (nSPS) is 13.4. The minimum absolute atomic E-state index is 0.327. The number of hydrogen-bond donors (Lipinski definition) is 1. The van der Waals surface area contributed by atoms with Crippen LogP contribution < -0.4 is 5.32 Å². The molecule has 0 radical (unpaired) electrons. The molecule has 2 amide bonds. The fraction of sp³-hybridized carbons (Fsp3) is 0. The number of fused-ring (bicyclic) bond motifs is 2. The van der Waals surface area contributed by atoms with Crippen LogP contribution in [0.4, 0.5) is 0 Å². The van der Waals surface area contributed by atoms with Gasteiger partial charge in [0, 0.05) is 11.6 Å². The summed E-state index contributed by atoms with van der Waals surface area (Å²) in [5.74, 6) is 0.222. The van der Waals surface area contributed by atoms with Crippen LogP contribution in [0.3, 0.4) is 0 Å². The lowest BCUT2D eigenvalue weighted by molar-refractivity contribution is 0.0879. The molecule has 0 saturated heterocycles. The quantitative estimate of drug-likeness (QED) is 0.405. The Kier molecular flexibility index (Phi) is 3.86. The number of rotatable bonds is 3. The number of nitriles is 1. The standard InChI is InChI=1S/C22H11N3O3S/c23-11-13(22-24-17-3-1-2-4-19(17)29-22)9-14-6-8-18(28-14)12-5-7-15-16(10-12)21(27)25-20(15)26/h1-10H,(H,25,26,27). The van der Waals surface area contributed by atoms with E-state index in [-0.39, 0.29) is 0 Å². The smallest absolute Gasteiger partial charge is 0.258 e. The molecule has 0 unspecified atom stereocenters. The Morgan fingerprint density at radius 2 is 1.90 bits per heavy atom. The van der Waals surface area contributed by atoms with E-state index in [2.05, 4.69) is 16.4 Å². The maximum absolute atomic E-state index is 11.9. The van der Waals surface area contributed by atoms with E-state index < -0.39 is 11.8 Å². The van der Waals surface area contributed by atoms with Crippen LogP contribution >= 0.6 is 11.3 Å². The number of benzene rings is 2. The summed E-state index contributed by atoms with van der Waals surface area (Å²) in [5, 5.41) is 12.5. The summed E-state index contributed by atoms with van der Waals surface area (Å²) in [4.78, 5) is 28.1.